The van der Waals surface area contributed by atoms with Crippen LogP contribution in [0.3, 0.4) is 0 Å². The Morgan fingerprint density at radius 1 is 1.11 bits per heavy atom. The molecule has 1 saturated heterocycles. The second kappa shape index (κ2) is 6.07. The molecule has 0 aromatic carbocycles. The Morgan fingerprint density at radius 2 is 1.74 bits per heavy atom. The fourth-order valence-corrected chi connectivity index (χ4v) is 1.48. The minimum atomic E-state index is -1.03. The van der Waals surface area contributed by atoms with Crippen LogP contribution >= 0.6 is 0 Å². The van der Waals surface area contributed by atoms with Gasteiger partial charge in [0.1, 0.15) is 0 Å². The van der Waals surface area contributed by atoms with Gasteiger partial charge in [0.25, 0.3) is 0 Å². The van der Waals surface area contributed by atoms with E-state index in [-0.39, 0.29) is 19.4 Å². The number of rotatable bonds is 6. The second-order valence-corrected chi connectivity index (χ2v) is 3.88. The SMILES string of the molecule is CCOC(=O)CCC(=O)CN1C(=O)C(=O)N(C)C1=O. The van der Waals surface area contributed by atoms with E-state index in [0.717, 1.165) is 7.05 Å². The number of amides is 4. The molecule has 0 aliphatic carbocycles. The molecule has 1 fully saturated rings. The van der Waals surface area contributed by atoms with Crippen molar-refractivity contribution in [2.75, 3.05) is 20.2 Å². The Balaban J connectivity index is 2.49. The standard InChI is InChI=1S/C11H14N2O6/c1-3-19-8(15)5-4-7(14)6-13-10(17)9(16)12(2)11(13)18/h3-6H2,1-2H3. The topological polar surface area (TPSA) is 101 Å². The molecule has 0 unspecified atom stereocenters. The quantitative estimate of drug-likeness (QED) is 0.360. The maximum Gasteiger partial charge on any atom is 0.334 e. The van der Waals surface area contributed by atoms with Crippen molar-refractivity contribution in [2.24, 2.45) is 0 Å². The summed E-state index contributed by atoms with van der Waals surface area (Å²) >= 11 is 0. The molecule has 1 aliphatic heterocycles. The molecule has 8 nitrogen and oxygen atoms in total. The zero-order chi connectivity index (χ0) is 14.6. The molecule has 1 aliphatic rings. The van der Waals surface area contributed by atoms with E-state index in [1.165, 1.54) is 0 Å². The van der Waals surface area contributed by atoms with Crippen LogP contribution in [0.15, 0.2) is 0 Å². The van der Waals surface area contributed by atoms with Crippen molar-refractivity contribution < 1.29 is 28.7 Å². The Labute approximate surface area is 109 Å². The predicted molar refractivity (Wildman–Crippen MR) is 60.8 cm³/mol. The first kappa shape index (κ1) is 14.8. The number of nitrogens with zero attached hydrogens (tertiary/aromatic N) is 2. The molecule has 4 amide bonds. The summed E-state index contributed by atoms with van der Waals surface area (Å²) in [5.74, 6) is -3.01. The van der Waals surface area contributed by atoms with Gasteiger partial charge in [0, 0.05) is 13.5 Å². The molecule has 1 heterocycles. The summed E-state index contributed by atoms with van der Waals surface area (Å²) in [5.41, 5.74) is 0. The van der Waals surface area contributed by atoms with Gasteiger partial charge in [-0.3, -0.25) is 24.1 Å². The molecule has 0 N–H and O–H groups in total. The molecular formula is C11H14N2O6. The van der Waals surface area contributed by atoms with E-state index in [2.05, 4.69) is 4.74 Å². The van der Waals surface area contributed by atoms with Gasteiger partial charge in [-0.1, -0.05) is 0 Å². The molecule has 0 aromatic rings. The summed E-state index contributed by atoms with van der Waals surface area (Å²) in [6, 6.07) is -0.834. The zero-order valence-electron chi connectivity index (χ0n) is 10.7. The highest BCUT2D eigenvalue weighted by atomic mass is 16.5. The van der Waals surface area contributed by atoms with Crippen LogP contribution in [0.2, 0.25) is 0 Å². The van der Waals surface area contributed by atoms with Crippen molar-refractivity contribution in [3.05, 3.63) is 0 Å². The lowest BCUT2D eigenvalue weighted by molar-refractivity contribution is -0.145. The van der Waals surface area contributed by atoms with Gasteiger partial charge in [0.2, 0.25) is 0 Å². The maximum atomic E-state index is 11.5. The molecule has 0 aromatic heterocycles. The van der Waals surface area contributed by atoms with Crippen LogP contribution in [0.5, 0.6) is 0 Å². The molecule has 8 heteroatoms. The fourth-order valence-electron chi connectivity index (χ4n) is 1.48. The van der Waals surface area contributed by atoms with Gasteiger partial charge in [0.05, 0.1) is 19.6 Å². The average Bonchev–Trinajstić information content (AvgIpc) is 2.55. The van der Waals surface area contributed by atoms with Crippen LogP contribution in [-0.2, 0) is 23.9 Å². The molecule has 104 valence electrons. The minimum absolute atomic E-state index is 0.118. The smallest absolute Gasteiger partial charge is 0.334 e. The first-order valence-electron chi connectivity index (χ1n) is 5.69. The van der Waals surface area contributed by atoms with Crippen molar-refractivity contribution in [3.8, 4) is 0 Å². The van der Waals surface area contributed by atoms with Gasteiger partial charge in [-0.2, -0.15) is 0 Å². The monoisotopic (exact) mass is 270 g/mol. The summed E-state index contributed by atoms with van der Waals surface area (Å²) in [5, 5.41) is 0. The number of urea groups is 1. The third-order valence-electron chi connectivity index (χ3n) is 2.50. The summed E-state index contributed by atoms with van der Waals surface area (Å²) in [4.78, 5) is 57.8. The van der Waals surface area contributed by atoms with Crippen molar-refractivity contribution in [2.45, 2.75) is 19.8 Å². The van der Waals surface area contributed by atoms with Crippen molar-refractivity contribution in [1.29, 1.82) is 0 Å². The number of imide groups is 2. The van der Waals surface area contributed by atoms with Crippen LogP contribution in [0.1, 0.15) is 19.8 Å². The van der Waals surface area contributed by atoms with Gasteiger partial charge in [-0.15, -0.1) is 0 Å². The van der Waals surface area contributed by atoms with Gasteiger partial charge >= 0.3 is 23.8 Å². The summed E-state index contributed by atoms with van der Waals surface area (Å²) in [6.45, 7) is 1.35. The number of ketones is 1. The van der Waals surface area contributed by atoms with Crippen LogP contribution in [0.4, 0.5) is 4.79 Å². The number of ether oxygens (including phenoxy) is 1. The Morgan fingerprint density at radius 3 is 2.21 bits per heavy atom. The lowest BCUT2D eigenvalue weighted by Gasteiger charge is -2.11. The first-order valence-corrected chi connectivity index (χ1v) is 5.69. The Kier molecular flexibility index (Phi) is 4.74. The minimum Gasteiger partial charge on any atom is -0.466 e. The third kappa shape index (κ3) is 3.36. The highest BCUT2D eigenvalue weighted by Crippen LogP contribution is 2.10. The molecular weight excluding hydrogens is 256 g/mol. The molecule has 0 atom stereocenters. The maximum absolute atomic E-state index is 11.5. The number of hydrogen-bond donors (Lipinski definition) is 0. The number of hydrogen-bond acceptors (Lipinski definition) is 6. The average molecular weight is 270 g/mol. The Hall–Kier alpha value is -2.25. The summed E-state index contributed by atoms with van der Waals surface area (Å²) in [6.07, 6.45) is -0.263. The normalized spacial score (nSPS) is 15.2. The van der Waals surface area contributed by atoms with E-state index < -0.39 is 36.1 Å². The van der Waals surface area contributed by atoms with E-state index in [1.807, 2.05) is 0 Å². The largest absolute Gasteiger partial charge is 0.466 e. The lowest BCUT2D eigenvalue weighted by Crippen LogP contribution is -2.36. The van der Waals surface area contributed by atoms with Crippen LogP contribution in [0, 0.1) is 0 Å². The predicted octanol–water partition coefficient (Wildman–Crippen LogP) is -0.681. The van der Waals surface area contributed by atoms with E-state index in [0.29, 0.717) is 9.80 Å². The number of esters is 1. The molecule has 0 spiro atoms. The van der Waals surface area contributed by atoms with Crippen molar-refractivity contribution in [1.82, 2.24) is 9.80 Å². The zero-order valence-corrected chi connectivity index (χ0v) is 10.7. The number of Topliss-reactive ketones (excluding diaryl/α,β-unsaturated/α-hetero) is 1. The van der Waals surface area contributed by atoms with Crippen LogP contribution < -0.4 is 0 Å². The van der Waals surface area contributed by atoms with Gasteiger partial charge in [0.15, 0.2) is 5.78 Å². The van der Waals surface area contributed by atoms with E-state index >= 15 is 0 Å². The van der Waals surface area contributed by atoms with E-state index in [4.69, 9.17) is 0 Å². The highest BCUT2D eigenvalue weighted by Gasteiger charge is 2.42. The van der Waals surface area contributed by atoms with Crippen LogP contribution in [-0.4, -0.2) is 59.6 Å². The fraction of sp³-hybridized carbons (Fsp3) is 0.545. The molecule has 0 bridgehead atoms. The van der Waals surface area contributed by atoms with Gasteiger partial charge in [-0.05, 0) is 6.92 Å². The molecule has 19 heavy (non-hydrogen) atoms. The van der Waals surface area contributed by atoms with Crippen molar-refractivity contribution >= 4 is 29.6 Å². The summed E-state index contributed by atoms with van der Waals surface area (Å²) < 4.78 is 4.64. The third-order valence-corrected chi connectivity index (χ3v) is 2.50. The lowest BCUT2D eigenvalue weighted by atomic mass is 10.2. The number of likely N-dealkylation sites (N-methyl/N-ethyl adjacent to an activating group) is 1. The molecule has 0 radical (unpaired) electrons. The van der Waals surface area contributed by atoms with Crippen LogP contribution in [0.25, 0.3) is 0 Å². The number of carbonyl (C=O) groups excluding carboxylic acids is 5. The van der Waals surface area contributed by atoms with Crippen molar-refractivity contribution in [3.63, 3.8) is 0 Å². The van der Waals surface area contributed by atoms with E-state index in [1.54, 1.807) is 6.92 Å². The Bertz CT molecular complexity index is 444. The number of carbonyl (C=O) groups is 5. The highest BCUT2D eigenvalue weighted by molar-refractivity contribution is 6.44. The van der Waals surface area contributed by atoms with E-state index in [9.17, 15) is 24.0 Å². The van der Waals surface area contributed by atoms with Gasteiger partial charge in [-0.25, -0.2) is 9.69 Å². The first-order chi connectivity index (χ1) is 8.88. The summed E-state index contributed by atoms with van der Waals surface area (Å²) in [7, 11) is 1.16. The molecule has 1 rings (SSSR count). The molecule has 0 saturated carbocycles. The second-order valence-electron chi connectivity index (χ2n) is 3.88. The van der Waals surface area contributed by atoms with Gasteiger partial charge < -0.3 is 4.74 Å².